The first-order chi connectivity index (χ1) is 23.4. The summed E-state index contributed by atoms with van der Waals surface area (Å²) in [5, 5.41) is 12.2. The van der Waals surface area contributed by atoms with Crippen molar-refractivity contribution in [3.8, 4) is 5.75 Å². The summed E-state index contributed by atoms with van der Waals surface area (Å²) in [6.07, 6.45) is -13.7. The van der Waals surface area contributed by atoms with Crippen LogP contribution < -0.4 is 9.64 Å². The van der Waals surface area contributed by atoms with E-state index in [0.717, 1.165) is 23.4 Å². The Hall–Kier alpha value is -4.05. The van der Waals surface area contributed by atoms with E-state index in [1.807, 2.05) is 6.92 Å². The van der Waals surface area contributed by atoms with Crippen molar-refractivity contribution in [3.05, 3.63) is 99.1 Å². The summed E-state index contributed by atoms with van der Waals surface area (Å²) in [7, 11) is 1.39. The van der Waals surface area contributed by atoms with E-state index < -0.39 is 47.3 Å². The Morgan fingerprint density at radius 1 is 0.880 bits per heavy atom. The van der Waals surface area contributed by atoms with Gasteiger partial charge in [0.2, 0.25) is 0 Å². The molecule has 0 amide bonds. The lowest BCUT2D eigenvalue weighted by Gasteiger charge is -2.31. The molecule has 0 bridgehead atoms. The third kappa shape index (κ3) is 9.19. The highest BCUT2D eigenvalue weighted by molar-refractivity contribution is 6.30. The molecule has 3 aromatic carbocycles. The smallest absolute Gasteiger partial charge is 0.416 e. The number of anilines is 1. The molecule has 0 N–H and O–H groups in total. The summed E-state index contributed by atoms with van der Waals surface area (Å²) >= 11 is 6.05. The molecule has 1 aliphatic rings. The minimum absolute atomic E-state index is 0.00845. The Kier molecular flexibility index (Phi) is 10.9. The maximum Gasteiger partial charge on any atom is 0.416 e. The van der Waals surface area contributed by atoms with E-state index in [-0.39, 0.29) is 36.1 Å². The first-order valence-corrected chi connectivity index (χ1v) is 15.9. The number of alkyl halides is 9. The Morgan fingerprint density at radius 3 is 2.14 bits per heavy atom. The second-order valence-corrected chi connectivity index (χ2v) is 12.5. The molecule has 0 aliphatic carbocycles. The van der Waals surface area contributed by atoms with Gasteiger partial charge in [-0.2, -0.15) is 44.3 Å². The first kappa shape index (κ1) is 37.2. The summed E-state index contributed by atoms with van der Waals surface area (Å²) in [5.41, 5.74) is -3.74. The predicted octanol–water partition coefficient (Wildman–Crippen LogP) is 8.98. The van der Waals surface area contributed by atoms with Crippen molar-refractivity contribution in [2.45, 2.75) is 57.4 Å². The minimum Gasteiger partial charge on any atom is -0.493 e. The largest absolute Gasteiger partial charge is 0.493 e. The average Bonchev–Trinajstić information content (AvgIpc) is 3.68. The molecule has 0 spiro atoms. The maximum atomic E-state index is 14.0. The molecule has 17 heteroatoms. The number of ether oxygens (including phenoxy) is 1. The van der Waals surface area contributed by atoms with Crippen LogP contribution in [0.3, 0.4) is 0 Å². The number of rotatable bonds is 11. The van der Waals surface area contributed by atoms with Crippen LogP contribution in [0.4, 0.5) is 45.5 Å². The van der Waals surface area contributed by atoms with Crippen LogP contribution in [-0.2, 0) is 38.7 Å². The van der Waals surface area contributed by atoms with Gasteiger partial charge in [-0.05, 0) is 89.8 Å². The van der Waals surface area contributed by atoms with Crippen molar-refractivity contribution in [2.24, 2.45) is 13.0 Å². The molecule has 2 atom stereocenters. The number of hydrogen-bond donors (Lipinski definition) is 0. The third-order valence-corrected chi connectivity index (χ3v) is 8.65. The molecule has 1 aliphatic heterocycles. The Bertz CT molecular complexity index is 1740. The number of hydrogen-bond acceptors (Lipinski definition) is 6. The Morgan fingerprint density at radius 2 is 1.56 bits per heavy atom. The first-order valence-electron chi connectivity index (χ1n) is 15.5. The van der Waals surface area contributed by atoms with Crippen LogP contribution in [0.1, 0.15) is 59.2 Å². The number of aromatic nitrogens is 4. The molecule has 1 fully saturated rings. The summed E-state index contributed by atoms with van der Waals surface area (Å²) in [6, 6.07) is 11.0. The van der Waals surface area contributed by atoms with E-state index in [1.54, 1.807) is 24.3 Å². The topological polar surface area (TPSA) is 59.3 Å². The molecular formula is C33H32ClF9N6O. The highest BCUT2D eigenvalue weighted by Gasteiger charge is 2.38. The van der Waals surface area contributed by atoms with Gasteiger partial charge in [0.05, 0.1) is 30.3 Å². The summed E-state index contributed by atoms with van der Waals surface area (Å²) in [6.45, 7) is 2.47. The predicted molar refractivity (Wildman–Crippen MR) is 166 cm³/mol. The van der Waals surface area contributed by atoms with E-state index in [0.29, 0.717) is 54.6 Å². The van der Waals surface area contributed by atoms with Crippen LogP contribution in [0.2, 0.25) is 5.02 Å². The van der Waals surface area contributed by atoms with Crippen molar-refractivity contribution in [1.29, 1.82) is 0 Å². The number of halogens is 10. The SMILES string of the molecule is CCC(c1ccc(C(F)(F)F)cc1CN(Cc1cc(C(F)(F)F)cc(C(F)(F)F)c1)c1nnn(C)n1)N1CCC(COc2cccc(Cl)c2)C1. The number of likely N-dealkylation sites (tertiary alicyclic amines) is 1. The molecule has 1 aromatic heterocycles. The monoisotopic (exact) mass is 734 g/mol. The molecule has 0 saturated carbocycles. The molecule has 4 aromatic rings. The van der Waals surface area contributed by atoms with Gasteiger partial charge in [0.1, 0.15) is 5.75 Å². The fraction of sp³-hybridized carbons (Fsp3) is 0.424. The van der Waals surface area contributed by atoms with Crippen LogP contribution >= 0.6 is 11.6 Å². The Balaban J connectivity index is 1.48. The lowest BCUT2D eigenvalue weighted by molar-refractivity contribution is -0.143. The van der Waals surface area contributed by atoms with E-state index in [1.165, 1.54) is 18.0 Å². The average molecular weight is 735 g/mol. The number of tetrazole rings is 1. The van der Waals surface area contributed by atoms with Crippen molar-refractivity contribution < 1.29 is 44.3 Å². The third-order valence-electron chi connectivity index (χ3n) is 8.42. The van der Waals surface area contributed by atoms with Gasteiger partial charge in [0.25, 0.3) is 5.95 Å². The van der Waals surface area contributed by atoms with Crippen LogP contribution in [-0.4, -0.2) is 44.8 Å². The van der Waals surface area contributed by atoms with Crippen LogP contribution in [0, 0.1) is 5.92 Å². The van der Waals surface area contributed by atoms with Crippen molar-refractivity contribution in [2.75, 3.05) is 24.6 Å². The summed E-state index contributed by atoms with van der Waals surface area (Å²) in [5.74, 6) is 0.507. The molecule has 2 unspecified atom stereocenters. The van der Waals surface area contributed by atoms with Gasteiger partial charge < -0.3 is 9.64 Å². The number of aryl methyl sites for hydroxylation is 1. The lowest BCUT2D eigenvalue weighted by Crippen LogP contribution is -2.30. The van der Waals surface area contributed by atoms with Gasteiger partial charge in [0, 0.05) is 36.6 Å². The zero-order valence-corrected chi connectivity index (χ0v) is 27.5. The van der Waals surface area contributed by atoms with Gasteiger partial charge >= 0.3 is 18.5 Å². The fourth-order valence-electron chi connectivity index (χ4n) is 6.11. The van der Waals surface area contributed by atoms with Crippen molar-refractivity contribution in [1.82, 2.24) is 25.1 Å². The van der Waals surface area contributed by atoms with Crippen molar-refractivity contribution >= 4 is 17.5 Å². The van der Waals surface area contributed by atoms with Crippen LogP contribution in [0.5, 0.6) is 5.75 Å². The zero-order chi connectivity index (χ0) is 36.4. The second kappa shape index (κ2) is 14.7. The number of nitrogens with zero attached hydrogens (tertiary/aromatic N) is 6. The molecule has 2 heterocycles. The second-order valence-electron chi connectivity index (χ2n) is 12.1. The van der Waals surface area contributed by atoms with Crippen molar-refractivity contribution in [3.63, 3.8) is 0 Å². The summed E-state index contributed by atoms with van der Waals surface area (Å²) < 4.78 is 130. The summed E-state index contributed by atoms with van der Waals surface area (Å²) in [4.78, 5) is 4.36. The minimum atomic E-state index is -5.10. The number of benzene rings is 3. The van der Waals surface area contributed by atoms with E-state index in [4.69, 9.17) is 16.3 Å². The highest BCUT2D eigenvalue weighted by atomic mass is 35.5. The van der Waals surface area contributed by atoms with Gasteiger partial charge in [-0.25, -0.2) is 0 Å². The molecular weight excluding hydrogens is 703 g/mol. The molecule has 7 nitrogen and oxygen atoms in total. The molecule has 50 heavy (non-hydrogen) atoms. The van der Waals surface area contributed by atoms with Gasteiger partial charge in [-0.15, -0.1) is 5.10 Å². The normalized spacial score (nSPS) is 16.5. The van der Waals surface area contributed by atoms with Gasteiger partial charge in [0.15, 0.2) is 0 Å². The molecule has 5 rings (SSSR count). The van der Waals surface area contributed by atoms with Crippen LogP contribution in [0.25, 0.3) is 0 Å². The van der Waals surface area contributed by atoms with Gasteiger partial charge in [-0.3, -0.25) is 4.90 Å². The van der Waals surface area contributed by atoms with E-state index in [2.05, 4.69) is 20.3 Å². The van der Waals surface area contributed by atoms with Gasteiger partial charge in [-0.1, -0.05) is 35.8 Å². The fourth-order valence-corrected chi connectivity index (χ4v) is 6.29. The zero-order valence-electron chi connectivity index (χ0n) is 26.7. The van der Waals surface area contributed by atoms with Crippen LogP contribution in [0.15, 0.2) is 60.7 Å². The molecule has 1 saturated heterocycles. The van der Waals surface area contributed by atoms with E-state index >= 15 is 0 Å². The molecule has 0 radical (unpaired) electrons. The quantitative estimate of drug-likeness (QED) is 0.144. The van der Waals surface area contributed by atoms with E-state index in [9.17, 15) is 39.5 Å². The standard InChI is InChI=1S/C33H32ClF9N6O/c1-3-29(48-10-9-20(16-48)19-50-27-6-4-5-26(34)15-27)28-8-7-23(31(35,36)37)13-22(28)18-49(30-44-46-47(2)45-30)17-21-11-24(32(38,39)40)14-25(12-21)33(41,42)43/h4-8,11-15,20,29H,3,9-10,16-19H2,1-2H3. The lowest BCUT2D eigenvalue weighted by atomic mass is 9.94. The Labute approximate surface area is 286 Å². The maximum absolute atomic E-state index is 14.0. The highest BCUT2D eigenvalue weighted by Crippen LogP contribution is 2.39. The molecule has 270 valence electrons.